The minimum Gasteiger partial charge on any atom is -0.383 e. The van der Waals surface area contributed by atoms with Gasteiger partial charge >= 0.3 is 0 Å². The van der Waals surface area contributed by atoms with Crippen LogP contribution in [0.2, 0.25) is 10.0 Å². The van der Waals surface area contributed by atoms with Crippen LogP contribution in [0.15, 0.2) is 18.2 Å². The molecule has 1 aromatic carbocycles. The van der Waals surface area contributed by atoms with Gasteiger partial charge < -0.3 is 5.73 Å². The molecule has 1 heterocycles. The van der Waals surface area contributed by atoms with Crippen LogP contribution in [0.4, 0.5) is 5.82 Å². The van der Waals surface area contributed by atoms with Crippen LogP contribution in [0, 0.1) is 11.8 Å². The van der Waals surface area contributed by atoms with Crippen molar-refractivity contribution in [1.29, 1.82) is 0 Å². The second-order valence-corrected chi connectivity index (χ2v) is 6.96. The summed E-state index contributed by atoms with van der Waals surface area (Å²) in [5.41, 5.74) is 9.12. The van der Waals surface area contributed by atoms with E-state index in [1.54, 1.807) is 4.68 Å². The molecule has 3 nitrogen and oxygen atoms in total. The van der Waals surface area contributed by atoms with Gasteiger partial charge in [-0.05, 0) is 36.8 Å². The van der Waals surface area contributed by atoms with E-state index in [4.69, 9.17) is 28.9 Å². The van der Waals surface area contributed by atoms with Gasteiger partial charge in [0.25, 0.3) is 0 Å². The second kappa shape index (κ2) is 4.65. The van der Waals surface area contributed by atoms with E-state index in [1.807, 2.05) is 25.2 Å². The van der Waals surface area contributed by atoms with Crippen molar-refractivity contribution < 1.29 is 0 Å². The van der Waals surface area contributed by atoms with Gasteiger partial charge in [0.05, 0.1) is 21.3 Å². The lowest BCUT2D eigenvalue weighted by Gasteiger charge is -2.09. The van der Waals surface area contributed by atoms with Gasteiger partial charge in [-0.3, -0.25) is 4.68 Å². The van der Waals surface area contributed by atoms with Crippen LogP contribution >= 0.6 is 23.2 Å². The summed E-state index contributed by atoms with van der Waals surface area (Å²) in [6.45, 7) is 0. The molecule has 2 aromatic rings. The molecular weight excluding hydrogens is 305 g/mol. The average molecular weight is 322 g/mol. The highest BCUT2D eigenvalue weighted by Crippen LogP contribution is 2.64. The van der Waals surface area contributed by atoms with E-state index in [-0.39, 0.29) is 0 Å². The first kappa shape index (κ1) is 13.5. The molecule has 2 aliphatic carbocycles. The number of anilines is 1. The molecule has 4 rings (SSSR count). The Kier molecular flexibility index (Phi) is 2.98. The van der Waals surface area contributed by atoms with E-state index in [0.717, 1.165) is 28.7 Å². The first-order valence-electron chi connectivity index (χ1n) is 7.36. The van der Waals surface area contributed by atoms with E-state index < -0.39 is 0 Å². The molecule has 110 valence electrons. The highest BCUT2D eigenvalue weighted by molar-refractivity contribution is 6.39. The predicted octanol–water partition coefficient (Wildman–Crippen LogP) is 4.49. The fraction of sp³-hybridized carbons (Fsp3) is 0.438. The fourth-order valence-corrected chi connectivity index (χ4v) is 4.60. The molecule has 0 saturated heterocycles. The van der Waals surface area contributed by atoms with Crippen molar-refractivity contribution in [1.82, 2.24) is 9.78 Å². The van der Waals surface area contributed by atoms with Crippen molar-refractivity contribution in [3.63, 3.8) is 0 Å². The number of hydrogen-bond donors (Lipinski definition) is 1. The number of rotatable bonds is 2. The Balaban J connectivity index is 1.89. The Bertz CT molecular complexity index is 692. The lowest BCUT2D eigenvalue weighted by molar-refractivity contribution is 0.655. The Morgan fingerprint density at radius 3 is 2.38 bits per heavy atom. The number of nitrogens with two attached hydrogens (primary N) is 1. The molecule has 0 aliphatic heterocycles. The van der Waals surface area contributed by atoms with Crippen molar-refractivity contribution in [2.75, 3.05) is 5.73 Å². The largest absolute Gasteiger partial charge is 0.383 e. The van der Waals surface area contributed by atoms with Crippen molar-refractivity contribution in [3.8, 4) is 11.1 Å². The quantitative estimate of drug-likeness (QED) is 0.885. The number of aromatic nitrogens is 2. The molecule has 2 aliphatic rings. The second-order valence-electron chi connectivity index (χ2n) is 6.15. The minimum absolute atomic E-state index is 0.532. The maximum Gasteiger partial charge on any atom is 0.129 e. The topological polar surface area (TPSA) is 43.8 Å². The summed E-state index contributed by atoms with van der Waals surface area (Å²) in [4.78, 5) is 0. The smallest absolute Gasteiger partial charge is 0.129 e. The highest BCUT2D eigenvalue weighted by Gasteiger charge is 2.55. The lowest BCUT2D eigenvalue weighted by Crippen LogP contribution is -1.98. The summed E-state index contributed by atoms with van der Waals surface area (Å²) in [5.74, 6) is 2.73. The summed E-state index contributed by atoms with van der Waals surface area (Å²) >= 11 is 12.8. The molecule has 0 radical (unpaired) electrons. The zero-order chi connectivity index (χ0) is 14.7. The van der Waals surface area contributed by atoms with Crippen LogP contribution in [0.5, 0.6) is 0 Å². The maximum absolute atomic E-state index is 6.39. The van der Waals surface area contributed by atoms with Crippen LogP contribution in [0.3, 0.4) is 0 Å². The summed E-state index contributed by atoms with van der Waals surface area (Å²) in [6.07, 6.45) is 3.96. The number of benzene rings is 1. The normalized spacial score (nSPS) is 26.9. The number of nitrogens with zero attached hydrogens (tertiary/aromatic N) is 2. The van der Waals surface area contributed by atoms with Gasteiger partial charge in [0, 0.05) is 18.5 Å². The summed E-state index contributed by atoms with van der Waals surface area (Å²) < 4.78 is 1.75. The standard InChI is InChI=1S/C16H17Cl2N3/c1-21-16(19)14(13-10(17)6-3-7-11(13)18)15(20-21)12-8-4-2-5-9(8)12/h3,6-9,12H,2,4-5,19H2,1H3. The molecule has 2 N–H and O–H groups in total. The fourth-order valence-electron chi connectivity index (χ4n) is 4.01. The van der Waals surface area contributed by atoms with E-state index in [9.17, 15) is 0 Å². The monoisotopic (exact) mass is 321 g/mol. The number of hydrogen-bond acceptors (Lipinski definition) is 2. The third kappa shape index (κ3) is 1.91. The van der Waals surface area contributed by atoms with Crippen molar-refractivity contribution in [2.24, 2.45) is 18.9 Å². The zero-order valence-electron chi connectivity index (χ0n) is 11.8. The Morgan fingerprint density at radius 1 is 1.14 bits per heavy atom. The third-order valence-corrected chi connectivity index (χ3v) is 5.68. The maximum atomic E-state index is 6.39. The molecule has 2 unspecified atom stereocenters. The molecule has 2 fully saturated rings. The van der Waals surface area contributed by atoms with Crippen molar-refractivity contribution >= 4 is 29.0 Å². The number of nitrogen functional groups attached to an aromatic ring is 1. The van der Waals surface area contributed by atoms with Crippen LogP contribution in [-0.4, -0.2) is 9.78 Å². The summed E-state index contributed by atoms with van der Waals surface area (Å²) in [7, 11) is 1.88. The molecule has 0 spiro atoms. The first-order chi connectivity index (χ1) is 10.1. The molecule has 0 amide bonds. The van der Waals surface area contributed by atoms with Gasteiger partial charge in [0.1, 0.15) is 5.82 Å². The zero-order valence-corrected chi connectivity index (χ0v) is 13.3. The molecule has 21 heavy (non-hydrogen) atoms. The van der Waals surface area contributed by atoms with Gasteiger partial charge in [0.2, 0.25) is 0 Å². The van der Waals surface area contributed by atoms with Crippen LogP contribution < -0.4 is 5.73 Å². The molecule has 2 saturated carbocycles. The number of fused-ring (bicyclic) bond motifs is 1. The number of halogens is 2. The Morgan fingerprint density at radius 2 is 1.76 bits per heavy atom. The molecule has 2 atom stereocenters. The van der Waals surface area contributed by atoms with E-state index in [2.05, 4.69) is 5.10 Å². The van der Waals surface area contributed by atoms with Gasteiger partial charge in [-0.25, -0.2) is 0 Å². The van der Waals surface area contributed by atoms with E-state index >= 15 is 0 Å². The van der Waals surface area contributed by atoms with Gasteiger partial charge in [-0.15, -0.1) is 0 Å². The van der Waals surface area contributed by atoms with E-state index in [1.165, 1.54) is 19.3 Å². The summed E-state index contributed by atoms with van der Waals surface area (Å²) in [5, 5.41) is 5.95. The van der Waals surface area contributed by atoms with Gasteiger partial charge in [-0.1, -0.05) is 35.7 Å². The SMILES string of the molecule is Cn1nc(C2C3CCCC32)c(-c2c(Cl)cccc2Cl)c1N. The Labute approximate surface area is 134 Å². The minimum atomic E-state index is 0.532. The van der Waals surface area contributed by atoms with Gasteiger partial charge in [-0.2, -0.15) is 5.10 Å². The van der Waals surface area contributed by atoms with Crippen LogP contribution in [-0.2, 0) is 7.05 Å². The van der Waals surface area contributed by atoms with Crippen LogP contribution in [0.25, 0.3) is 11.1 Å². The predicted molar refractivity (Wildman–Crippen MR) is 86.6 cm³/mol. The molecular formula is C16H17Cl2N3. The van der Waals surface area contributed by atoms with Gasteiger partial charge in [0.15, 0.2) is 0 Å². The summed E-state index contributed by atoms with van der Waals surface area (Å²) in [6, 6.07) is 5.56. The number of aryl methyl sites for hydroxylation is 1. The van der Waals surface area contributed by atoms with Crippen molar-refractivity contribution in [2.45, 2.75) is 25.2 Å². The third-order valence-electron chi connectivity index (χ3n) is 5.05. The molecule has 5 heteroatoms. The van der Waals surface area contributed by atoms with Crippen molar-refractivity contribution in [3.05, 3.63) is 33.9 Å². The Hall–Kier alpha value is -1.19. The highest BCUT2D eigenvalue weighted by atomic mass is 35.5. The van der Waals surface area contributed by atoms with E-state index in [0.29, 0.717) is 21.8 Å². The molecule has 0 bridgehead atoms. The average Bonchev–Trinajstić information content (AvgIpc) is 2.78. The molecule has 1 aromatic heterocycles. The first-order valence-corrected chi connectivity index (χ1v) is 8.12. The van der Waals surface area contributed by atoms with Crippen LogP contribution in [0.1, 0.15) is 30.9 Å². The lowest BCUT2D eigenvalue weighted by atomic mass is 9.99.